The van der Waals surface area contributed by atoms with Crippen LogP contribution in [0.15, 0.2) is 34.7 Å². The lowest BCUT2D eigenvalue weighted by molar-refractivity contribution is 0.522. The van der Waals surface area contributed by atoms with Gasteiger partial charge in [0.1, 0.15) is 0 Å². The van der Waals surface area contributed by atoms with Crippen molar-refractivity contribution in [1.29, 1.82) is 0 Å². The Morgan fingerprint density at radius 1 is 1.25 bits per heavy atom. The molecule has 0 amide bonds. The van der Waals surface area contributed by atoms with Gasteiger partial charge in [-0.2, -0.15) is 0 Å². The number of hydrogen-bond acceptors (Lipinski definition) is 2. The Labute approximate surface area is 98.3 Å². The molecule has 1 heterocycles. The van der Waals surface area contributed by atoms with Crippen LogP contribution < -0.4 is 0 Å². The smallest absolute Gasteiger partial charge is 0.0734 e. The lowest BCUT2D eigenvalue weighted by Gasteiger charge is -2.21. The lowest BCUT2D eigenvalue weighted by atomic mass is 10.1. The fourth-order valence-corrected chi connectivity index (χ4v) is 4.31. The molecule has 0 spiro atoms. The van der Waals surface area contributed by atoms with Crippen molar-refractivity contribution in [2.45, 2.75) is 26.3 Å². The van der Waals surface area contributed by atoms with Crippen LogP contribution in [0.3, 0.4) is 0 Å². The minimum atomic E-state index is -1.90. The minimum Gasteiger partial charge on any atom is -0.250 e. The highest BCUT2D eigenvalue weighted by atomic mass is 32.2. The Hall–Kier alpha value is -0.830. The number of rotatable bonds is 2. The summed E-state index contributed by atoms with van der Waals surface area (Å²) in [6.07, 6.45) is 2.13. The quantitative estimate of drug-likeness (QED) is 0.777. The maximum absolute atomic E-state index is 12.4. The van der Waals surface area contributed by atoms with Gasteiger partial charge in [0.15, 0.2) is 0 Å². The van der Waals surface area contributed by atoms with Gasteiger partial charge in [0.2, 0.25) is 0 Å². The van der Waals surface area contributed by atoms with Crippen LogP contribution >= 0.6 is 0 Å². The van der Waals surface area contributed by atoms with Crippen LogP contribution in [-0.4, -0.2) is 15.7 Å². The van der Waals surface area contributed by atoms with E-state index in [0.29, 0.717) is 6.54 Å². The molecule has 88 valence electrons. The first kappa shape index (κ1) is 11.6. The third-order valence-corrected chi connectivity index (χ3v) is 5.53. The summed E-state index contributed by atoms with van der Waals surface area (Å²) >= 11 is 0. The number of hydrogen-bond donors (Lipinski definition) is 0. The molecule has 0 bridgehead atoms. The van der Waals surface area contributed by atoms with E-state index in [2.05, 4.69) is 11.3 Å². The summed E-state index contributed by atoms with van der Waals surface area (Å²) < 4.78 is 16.8. The molecule has 0 saturated carbocycles. The highest BCUT2D eigenvalue weighted by molar-refractivity contribution is 7.93. The Morgan fingerprint density at radius 2 is 1.88 bits per heavy atom. The summed E-state index contributed by atoms with van der Waals surface area (Å²) in [4.78, 5) is 0. The van der Waals surface area contributed by atoms with Gasteiger partial charge in [-0.1, -0.05) is 37.3 Å². The molecule has 0 aliphatic carbocycles. The second-order valence-corrected chi connectivity index (χ2v) is 7.26. The van der Waals surface area contributed by atoms with Crippen molar-refractivity contribution in [3.8, 4) is 0 Å². The van der Waals surface area contributed by atoms with Crippen LogP contribution in [0, 0.1) is 5.92 Å². The maximum Gasteiger partial charge on any atom is 0.0734 e. The summed E-state index contributed by atoms with van der Waals surface area (Å²) in [6, 6.07) is 10.1. The number of benzene rings is 1. The fourth-order valence-electron chi connectivity index (χ4n) is 1.92. The molecule has 0 atom stereocenters. The van der Waals surface area contributed by atoms with Gasteiger partial charge in [-0.15, -0.1) is 0 Å². The van der Waals surface area contributed by atoms with Crippen LogP contribution in [0.4, 0.5) is 0 Å². The molecule has 1 saturated heterocycles. The van der Waals surface area contributed by atoms with Crippen LogP contribution in [0.25, 0.3) is 0 Å². The first-order valence-corrected chi connectivity index (χ1v) is 7.75. The Kier molecular flexibility index (Phi) is 3.64. The molecule has 1 aliphatic rings. The van der Waals surface area contributed by atoms with Gasteiger partial charge in [0.05, 0.1) is 6.54 Å². The normalized spacial score (nSPS) is 29.9. The number of nitrogens with zero attached hydrogens (tertiary/aromatic N) is 1. The Balaban J connectivity index is 2.05. The zero-order chi connectivity index (χ0) is 11.4. The molecule has 16 heavy (non-hydrogen) atoms. The summed E-state index contributed by atoms with van der Waals surface area (Å²) in [5.41, 5.74) is 1.16. The molecule has 1 aliphatic heterocycles. The molecule has 2 nitrogen and oxygen atoms in total. The van der Waals surface area contributed by atoms with Crippen LogP contribution in [0.1, 0.15) is 25.3 Å². The zero-order valence-electron chi connectivity index (χ0n) is 9.76. The average Bonchev–Trinajstić information content (AvgIpc) is 2.33. The molecule has 1 aromatic carbocycles. The van der Waals surface area contributed by atoms with Crippen LogP contribution in [0.2, 0.25) is 0 Å². The van der Waals surface area contributed by atoms with E-state index >= 15 is 0 Å². The van der Waals surface area contributed by atoms with Gasteiger partial charge in [-0.05, 0) is 24.3 Å². The van der Waals surface area contributed by atoms with Gasteiger partial charge in [0.25, 0.3) is 0 Å². The second kappa shape index (κ2) is 5.00. The van der Waals surface area contributed by atoms with E-state index in [1.54, 1.807) is 0 Å². The third kappa shape index (κ3) is 3.08. The molecule has 3 heteroatoms. The van der Waals surface area contributed by atoms with Crippen molar-refractivity contribution in [2.75, 3.05) is 11.5 Å². The van der Waals surface area contributed by atoms with Crippen molar-refractivity contribution in [1.82, 2.24) is 0 Å². The summed E-state index contributed by atoms with van der Waals surface area (Å²) in [5, 5.41) is 0. The second-order valence-electron chi connectivity index (χ2n) is 4.64. The molecular formula is C13H19NOS. The van der Waals surface area contributed by atoms with Crippen molar-refractivity contribution < 1.29 is 4.21 Å². The molecule has 1 aromatic rings. The topological polar surface area (TPSA) is 29.4 Å². The van der Waals surface area contributed by atoms with Crippen molar-refractivity contribution in [3.05, 3.63) is 35.9 Å². The standard InChI is InChI=1S/C13H19NOS/c1-12-7-9-16(15,10-8-12)14-11-13-5-3-2-4-6-13/h2-6,12H,7-11H2,1H3. The maximum atomic E-state index is 12.4. The largest absolute Gasteiger partial charge is 0.250 e. The van der Waals surface area contributed by atoms with Crippen molar-refractivity contribution >= 4 is 9.73 Å². The predicted molar refractivity (Wildman–Crippen MR) is 68.8 cm³/mol. The van der Waals surface area contributed by atoms with E-state index in [0.717, 1.165) is 35.8 Å². The van der Waals surface area contributed by atoms with E-state index in [9.17, 15) is 4.21 Å². The highest BCUT2D eigenvalue weighted by Gasteiger charge is 2.18. The molecule has 0 N–H and O–H groups in total. The average molecular weight is 237 g/mol. The van der Waals surface area contributed by atoms with E-state index < -0.39 is 9.73 Å². The lowest BCUT2D eigenvalue weighted by Crippen LogP contribution is -2.21. The van der Waals surface area contributed by atoms with Crippen molar-refractivity contribution in [3.63, 3.8) is 0 Å². The van der Waals surface area contributed by atoms with Gasteiger partial charge in [-0.3, -0.25) is 0 Å². The molecule has 2 rings (SSSR count). The first-order chi connectivity index (χ1) is 7.68. The van der Waals surface area contributed by atoms with Gasteiger partial charge in [-0.25, -0.2) is 8.57 Å². The van der Waals surface area contributed by atoms with Crippen LogP contribution in [0.5, 0.6) is 0 Å². The molecule has 0 aromatic heterocycles. The van der Waals surface area contributed by atoms with Gasteiger partial charge < -0.3 is 0 Å². The van der Waals surface area contributed by atoms with E-state index in [-0.39, 0.29) is 0 Å². The molecular weight excluding hydrogens is 218 g/mol. The predicted octanol–water partition coefficient (Wildman–Crippen LogP) is 3.08. The van der Waals surface area contributed by atoms with Gasteiger partial charge in [0, 0.05) is 21.2 Å². The summed E-state index contributed by atoms with van der Waals surface area (Å²) in [5.74, 6) is 2.31. The fraction of sp³-hybridized carbons (Fsp3) is 0.538. The summed E-state index contributed by atoms with van der Waals surface area (Å²) in [7, 11) is -1.90. The third-order valence-electron chi connectivity index (χ3n) is 3.18. The van der Waals surface area contributed by atoms with Crippen LogP contribution in [-0.2, 0) is 16.3 Å². The SMILES string of the molecule is CC1CCS(=O)(=NCc2ccccc2)CC1. The Morgan fingerprint density at radius 3 is 2.50 bits per heavy atom. The highest BCUT2D eigenvalue weighted by Crippen LogP contribution is 2.20. The zero-order valence-corrected chi connectivity index (χ0v) is 10.6. The minimum absolute atomic E-state index is 0.605. The molecule has 1 fully saturated rings. The van der Waals surface area contributed by atoms with Gasteiger partial charge >= 0.3 is 0 Å². The first-order valence-electron chi connectivity index (χ1n) is 5.90. The Bertz CT molecular complexity index is 432. The van der Waals surface area contributed by atoms with E-state index in [1.165, 1.54) is 0 Å². The summed E-state index contributed by atoms with van der Waals surface area (Å²) in [6.45, 7) is 2.84. The van der Waals surface area contributed by atoms with E-state index in [4.69, 9.17) is 0 Å². The molecule has 0 unspecified atom stereocenters. The molecule has 0 radical (unpaired) electrons. The van der Waals surface area contributed by atoms with Crippen molar-refractivity contribution in [2.24, 2.45) is 10.3 Å². The van der Waals surface area contributed by atoms with E-state index in [1.807, 2.05) is 30.3 Å². The monoisotopic (exact) mass is 237 g/mol.